The lowest BCUT2D eigenvalue weighted by atomic mass is 9.93. The molecular weight excluding hydrogens is 462 g/mol. The number of amides is 1. The molecular formula is C30H31N5O2. The van der Waals surface area contributed by atoms with E-state index in [9.17, 15) is 9.59 Å². The van der Waals surface area contributed by atoms with Gasteiger partial charge in [-0.2, -0.15) is 0 Å². The number of Topliss-reactive ketones (excluding diaryl/α,β-unsaturated/α-hetero) is 1. The van der Waals surface area contributed by atoms with E-state index < -0.39 is 11.9 Å². The number of hydrogen-bond donors (Lipinski definition) is 2. The number of nitrogens with two attached hydrogens (primary N) is 1. The molecule has 3 aromatic carbocycles. The zero-order chi connectivity index (χ0) is 25.9. The van der Waals surface area contributed by atoms with E-state index in [1.807, 2.05) is 18.2 Å². The normalized spacial score (nSPS) is 15.1. The first-order chi connectivity index (χ1) is 18.0. The van der Waals surface area contributed by atoms with Gasteiger partial charge in [-0.05, 0) is 60.5 Å². The van der Waals surface area contributed by atoms with Crippen molar-refractivity contribution in [3.05, 3.63) is 107 Å². The van der Waals surface area contributed by atoms with Crippen molar-refractivity contribution in [1.29, 1.82) is 0 Å². The Morgan fingerprint density at radius 3 is 2.65 bits per heavy atom. The van der Waals surface area contributed by atoms with Gasteiger partial charge in [-0.3, -0.25) is 19.5 Å². The second-order valence-corrected chi connectivity index (χ2v) is 9.52. The summed E-state index contributed by atoms with van der Waals surface area (Å²) < 4.78 is 1.75. The van der Waals surface area contributed by atoms with Crippen molar-refractivity contribution in [1.82, 2.24) is 19.8 Å². The van der Waals surface area contributed by atoms with Gasteiger partial charge in [0.1, 0.15) is 12.0 Å². The number of benzene rings is 3. The van der Waals surface area contributed by atoms with Gasteiger partial charge < -0.3 is 10.6 Å². The van der Waals surface area contributed by atoms with Gasteiger partial charge in [0.25, 0.3) is 0 Å². The molecule has 1 unspecified atom stereocenters. The van der Waals surface area contributed by atoms with Gasteiger partial charge in [-0.1, -0.05) is 61.5 Å². The smallest absolute Gasteiger partial charge is 0.248 e. The van der Waals surface area contributed by atoms with Crippen molar-refractivity contribution in [2.45, 2.75) is 32.5 Å². The van der Waals surface area contributed by atoms with Gasteiger partial charge in [-0.15, -0.1) is 0 Å². The van der Waals surface area contributed by atoms with Gasteiger partial charge in [-0.25, -0.2) is 4.98 Å². The molecule has 0 bridgehead atoms. The number of carbonyl (C=O) groups is 2. The van der Waals surface area contributed by atoms with Crippen LogP contribution in [0.25, 0.3) is 16.8 Å². The third kappa shape index (κ3) is 4.96. The third-order valence-corrected chi connectivity index (χ3v) is 6.84. The van der Waals surface area contributed by atoms with Crippen LogP contribution in [0.1, 0.15) is 57.1 Å². The van der Waals surface area contributed by atoms with Crippen LogP contribution in [0.15, 0.2) is 79.1 Å². The first kappa shape index (κ1) is 24.6. The highest BCUT2D eigenvalue weighted by atomic mass is 16.1. The Hall–Kier alpha value is -4.07. The number of primary amides is 1. The van der Waals surface area contributed by atoms with Gasteiger partial charge in [0, 0.05) is 24.3 Å². The molecule has 0 aliphatic carbocycles. The second kappa shape index (κ2) is 10.5. The summed E-state index contributed by atoms with van der Waals surface area (Å²) in [5.41, 5.74) is 12.2. The highest BCUT2D eigenvalue weighted by Gasteiger charge is 2.32. The Morgan fingerprint density at radius 2 is 1.89 bits per heavy atom. The molecule has 7 nitrogen and oxygen atoms in total. The fourth-order valence-corrected chi connectivity index (χ4v) is 5.02. The van der Waals surface area contributed by atoms with Crippen molar-refractivity contribution in [3.63, 3.8) is 0 Å². The van der Waals surface area contributed by atoms with Crippen LogP contribution in [-0.2, 0) is 13.1 Å². The Bertz CT molecular complexity index is 1440. The first-order valence-corrected chi connectivity index (χ1v) is 12.6. The highest BCUT2D eigenvalue weighted by molar-refractivity contribution is 6.02. The number of rotatable bonds is 8. The fourth-order valence-electron chi connectivity index (χ4n) is 5.02. The largest absolute Gasteiger partial charge is 0.366 e. The van der Waals surface area contributed by atoms with E-state index in [0.29, 0.717) is 29.2 Å². The maximum absolute atomic E-state index is 13.7. The van der Waals surface area contributed by atoms with Crippen LogP contribution in [0.5, 0.6) is 0 Å². The van der Waals surface area contributed by atoms with Crippen molar-refractivity contribution in [2.75, 3.05) is 13.6 Å². The van der Waals surface area contributed by atoms with E-state index in [1.54, 1.807) is 29.1 Å². The summed E-state index contributed by atoms with van der Waals surface area (Å²) in [4.78, 5) is 32.1. The molecule has 5 rings (SSSR count). The standard InChI is InChI=1S/C30H31N5O2/c1-3-15-34(2)18-23-7-4-5-10-25(23)20-11-13-21(14-12-20)27-29(36)28-26(17-32-27)33-19-35(28)24-9-6-8-22(16-24)30(31)37/h4-14,16,19,27,32H,3,15,17-18H2,1-2H3,(H2,31,37). The quantitative estimate of drug-likeness (QED) is 0.377. The van der Waals surface area contributed by atoms with Crippen LogP contribution < -0.4 is 11.1 Å². The van der Waals surface area contributed by atoms with Crippen molar-refractivity contribution in [2.24, 2.45) is 5.73 Å². The zero-order valence-electron chi connectivity index (χ0n) is 21.1. The zero-order valence-corrected chi connectivity index (χ0v) is 21.1. The average molecular weight is 494 g/mol. The molecule has 1 atom stereocenters. The average Bonchev–Trinajstić information content (AvgIpc) is 3.35. The van der Waals surface area contributed by atoms with Crippen LogP contribution in [0.2, 0.25) is 0 Å². The summed E-state index contributed by atoms with van der Waals surface area (Å²) in [5.74, 6) is -0.571. The SMILES string of the molecule is CCCN(C)Cc1ccccc1-c1ccc(C2NCc3ncn(-c4cccc(C(N)=O)c4)c3C2=O)cc1. The maximum atomic E-state index is 13.7. The van der Waals surface area contributed by atoms with Gasteiger partial charge in [0.05, 0.1) is 11.7 Å². The molecule has 2 heterocycles. The van der Waals surface area contributed by atoms with E-state index in [-0.39, 0.29) is 5.78 Å². The molecule has 0 fully saturated rings. The molecule has 0 spiro atoms. The minimum absolute atomic E-state index is 0.0578. The summed E-state index contributed by atoms with van der Waals surface area (Å²) >= 11 is 0. The molecule has 0 radical (unpaired) electrons. The van der Waals surface area contributed by atoms with Crippen LogP contribution >= 0.6 is 0 Å². The summed E-state index contributed by atoms with van der Waals surface area (Å²) in [7, 11) is 2.15. The molecule has 0 saturated heterocycles. The highest BCUT2D eigenvalue weighted by Crippen LogP contribution is 2.30. The summed E-state index contributed by atoms with van der Waals surface area (Å²) in [6.45, 7) is 4.60. The molecule has 7 heteroatoms. The van der Waals surface area contributed by atoms with Gasteiger partial charge in [0.15, 0.2) is 0 Å². The minimum Gasteiger partial charge on any atom is -0.366 e. The molecule has 4 aromatic rings. The number of carbonyl (C=O) groups excluding carboxylic acids is 2. The van der Waals surface area contributed by atoms with Crippen LogP contribution in [0.4, 0.5) is 0 Å². The van der Waals surface area contributed by atoms with Crippen LogP contribution in [-0.4, -0.2) is 39.7 Å². The second-order valence-electron chi connectivity index (χ2n) is 9.52. The van der Waals surface area contributed by atoms with Crippen molar-refractivity contribution < 1.29 is 9.59 Å². The molecule has 3 N–H and O–H groups in total. The third-order valence-electron chi connectivity index (χ3n) is 6.84. The monoisotopic (exact) mass is 493 g/mol. The first-order valence-electron chi connectivity index (χ1n) is 12.6. The number of ketones is 1. The van der Waals surface area contributed by atoms with Crippen molar-refractivity contribution in [3.8, 4) is 16.8 Å². The number of hydrogen-bond acceptors (Lipinski definition) is 5. The molecule has 188 valence electrons. The lowest BCUT2D eigenvalue weighted by molar-refractivity contribution is 0.0922. The van der Waals surface area contributed by atoms with E-state index >= 15 is 0 Å². The van der Waals surface area contributed by atoms with Crippen LogP contribution in [0.3, 0.4) is 0 Å². The number of nitrogens with zero attached hydrogens (tertiary/aromatic N) is 3. The summed E-state index contributed by atoms with van der Waals surface area (Å²) in [6.07, 6.45) is 2.75. The van der Waals surface area contributed by atoms with Gasteiger partial charge in [0.2, 0.25) is 11.7 Å². The molecule has 37 heavy (non-hydrogen) atoms. The number of aromatic nitrogens is 2. The summed E-state index contributed by atoms with van der Waals surface area (Å²) in [5, 5.41) is 3.34. The minimum atomic E-state index is -0.514. The molecule has 1 aliphatic rings. The van der Waals surface area contributed by atoms with E-state index in [4.69, 9.17) is 5.73 Å². The number of fused-ring (bicyclic) bond motifs is 1. The van der Waals surface area contributed by atoms with E-state index in [2.05, 4.69) is 65.6 Å². The predicted octanol–water partition coefficient (Wildman–Crippen LogP) is 4.51. The lowest BCUT2D eigenvalue weighted by Gasteiger charge is -2.24. The molecule has 1 aliphatic heterocycles. The Balaban J connectivity index is 1.42. The van der Waals surface area contributed by atoms with Crippen molar-refractivity contribution >= 4 is 11.7 Å². The summed E-state index contributed by atoms with van der Waals surface area (Å²) in [6, 6.07) is 23.1. The molecule has 1 aromatic heterocycles. The number of nitrogens with one attached hydrogen (secondary N) is 1. The number of imidazole rings is 1. The Kier molecular flexibility index (Phi) is 6.99. The topological polar surface area (TPSA) is 93.2 Å². The van der Waals surface area contributed by atoms with E-state index in [1.165, 1.54) is 11.1 Å². The lowest BCUT2D eigenvalue weighted by Crippen LogP contribution is -2.35. The predicted molar refractivity (Wildman–Crippen MR) is 144 cm³/mol. The fraction of sp³-hybridized carbons (Fsp3) is 0.233. The molecule has 1 amide bonds. The maximum Gasteiger partial charge on any atom is 0.248 e. The van der Waals surface area contributed by atoms with E-state index in [0.717, 1.165) is 30.6 Å². The van der Waals surface area contributed by atoms with Crippen LogP contribution in [0, 0.1) is 0 Å². The molecule has 0 saturated carbocycles. The Morgan fingerprint density at radius 1 is 1.11 bits per heavy atom. The van der Waals surface area contributed by atoms with Gasteiger partial charge >= 0.3 is 0 Å². The Labute approximate surface area is 216 Å².